The van der Waals surface area contributed by atoms with Crippen LogP contribution in [0, 0.1) is 0 Å². The molecular formula is C11H9N5O3. The number of H-pyrrole nitrogens is 2. The summed E-state index contributed by atoms with van der Waals surface area (Å²) in [6.45, 7) is 0. The molecule has 8 nitrogen and oxygen atoms in total. The van der Waals surface area contributed by atoms with E-state index < -0.39 is 11.2 Å². The average molecular weight is 259 g/mol. The van der Waals surface area contributed by atoms with Crippen molar-refractivity contribution < 1.29 is 5.11 Å². The number of aromatic amines is 2. The van der Waals surface area contributed by atoms with E-state index in [1.54, 1.807) is 0 Å². The van der Waals surface area contributed by atoms with E-state index in [2.05, 4.69) is 19.9 Å². The predicted octanol–water partition coefficient (Wildman–Crippen LogP) is -0.283. The number of aryl methyl sites for hydroxylation is 1. The predicted molar refractivity (Wildman–Crippen MR) is 66.9 cm³/mol. The van der Waals surface area contributed by atoms with Crippen LogP contribution in [-0.2, 0) is 7.05 Å². The highest BCUT2D eigenvalue weighted by molar-refractivity contribution is 5.75. The minimum atomic E-state index is -0.537. The number of nitrogens with zero attached hydrogens (tertiary/aromatic N) is 3. The monoisotopic (exact) mass is 259 g/mol. The van der Waals surface area contributed by atoms with E-state index in [1.165, 1.54) is 30.1 Å². The second-order valence-electron chi connectivity index (χ2n) is 4.03. The fraction of sp³-hybridized carbons (Fsp3) is 0.0909. The minimum Gasteiger partial charge on any atom is -0.506 e. The molecule has 19 heavy (non-hydrogen) atoms. The molecule has 0 radical (unpaired) electrons. The lowest BCUT2D eigenvalue weighted by Crippen LogP contribution is -2.28. The molecule has 0 bridgehead atoms. The first-order chi connectivity index (χ1) is 9.06. The number of aromatic nitrogens is 5. The molecule has 0 amide bonds. The van der Waals surface area contributed by atoms with Crippen molar-refractivity contribution in [2.24, 2.45) is 7.05 Å². The van der Waals surface area contributed by atoms with E-state index in [4.69, 9.17) is 0 Å². The fourth-order valence-electron chi connectivity index (χ4n) is 1.80. The Morgan fingerprint density at radius 1 is 1.26 bits per heavy atom. The van der Waals surface area contributed by atoms with Gasteiger partial charge in [-0.15, -0.1) is 0 Å². The van der Waals surface area contributed by atoms with Crippen molar-refractivity contribution in [3.8, 4) is 17.1 Å². The van der Waals surface area contributed by atoms with E-state index in [-0.39, 0.29) is 16.9 Å². The Balaban J connectivity index is 2.34. The number of imidazole rings is 1. The maximum absolute atomic E-state index is 11.7. The van der Waals surface area contributed by atoms with E-state index in [1.807, 2.05) is 0 Å². The minimum absolute atomic E-state index is 0.0132. The number of hydrogen-bond donors (Lipinski definition) is 3. The molecule has 3 rings (SSSR count). The van der Waals surface area contributed by atoms with Gasteiger partial charge in [0.25, 0.3) is 5.56 Å². The molecule has 0 aliphatic rings. The summed E-state index contributed by atoms with van der Waals surface area (Å²) >= 11 is 0. The SMILES string of the molecule is Cn1c(=O)[nH]c(=O)c2[nH]c(-c3cncc(O)c3)nc21. The number of aromatic hydroxyl groups is 1. The van der Waals surface area contributed by atoms with Crippen LogP contribution in [0.4, 0.5) is 0 Å². The highest BCUT2D eigenvalue weighted by Crippen LogP contribution is 2.20. The molecule has 0 aliphatic carbocycles. The zero-order valence-corrected chi connectivity index (χ0v) is 9.84. The molecule has 0 fully saturated rings. The van der Waals surface area contributed by atoms with Crippen molar-refractivity contribution in [1.82, 2.24) is 24.5 Å². The lowest BCUT2D eigenvalue weighted by Gasteiger charge is -1.96. The van der Waals surface area contributed by atoms with Gasteiger partial charge in [-0.1, -0.05) is 0 Å². The molecule has 0 aromatic carbocycles. The number of hydrogen-bond acceptors (Lipinski definition) is 5. The third-order valence-electron chi connectivity index (χ3n) is 2.75. The molecule has 8 heteroatoms. The number of rotatable bonds is 1. The molecule has 0 saturated heterocycles. The first kappa shape index (κ1) is 11.2. The molecule has 0 unspecified atom stereocenters. The summed E-state index contributed by atoms with van der Waals surface area (Å²) in [5.74, 6) is 0.339. The Bertz CT molecular complexity index is 889. The summed E-state index contributed by atoms with van der Waals surface area (Å²) in [7, 11) is 1.51. The third-order valence-corrected chi connectivity index (χ3v) is 2.75. The molecular weight excluding hydrogens is 250 g/mol. The number of pyridine rings is 1. The van der Waals surface area contributed by atoms with Crippen LogP contribution in [0.25, 0.3) is 22.6 Å². The van der Waals surface area contributed by atoms with Gasteiger partial charge in [0.2, 0.25) is 0 Å². The maximum atomic E-state index is 11.7. The molecule has 3 aromatic rings. The molecule has 3 aromatic heterocycles. The van der Waals surface area contributed by atoms with Gasteiger partial charge < -0.3 is 10.1 Å². The largest absolute Gasteiger partial charge is 0.506 e. The topological polar surface area (TPSA) is 117 Å². The highest BCUT2D eigenvalue weighted by atomic mass is 16.3. The Morgan fingerprint density at radius 2 is 2.05 bits per heavy atom. The van der Waals surface area contributed by atoms with Crippen LogP contribution < -0.4 is 11.2 Å². The average Bonchev–Trinajstić information content (AvgIpc) is 2.82. The van der Waals surface area contributed by atoms with E-state index in [9.17, 15) is 14.7 Å². The van der Waals surface area contributed by atoms with E-state index >= 15 is 0 Å². The quantitative estimate of drug-likeness (QED) is 0.555. The lowest BCUT2D eigenvalue weighted by atomic mass is 10.2. The van der Waals surface area contributed by atoms with Crippen molar-refractivity contribution in [3.63, 3.8) is 0 Å². The lowest BCUT2D eigenvalue weighted by molar-refractivity contribution is 0.473. The van der Waals surface area contributed by atoms with Gasteiger partial charge in [0.1, 0.15) is 17.1 Å². The van der Waals surface area contributed by atoms with Gasteiger partial charge in [0.05, 0.1) is 6.20 Å². The van der Waals surface area contributed by atoms with Gasteiger partial charge in [0, 0.05) is 18.8 Å². The highest BCUT2D eigenvalue weighted by Gasteiger charge is 2.12. The van der Waals surface area contributed by atoms with Crippen molar-refractivity contribution in [2.75, 3.05) is 0 Å². The standard InChI is InChI=1S/C11H9N5O3/c1-16-9-7(10(18)15-11(16)19)13-8(14-9)5-2-6(17)4-12-3-5/h2-4,17H,1H3,(H,13,14)(H,15,18,19). The van der Waals surface area contributed by atoms with E-state index in [0.29, 0.717) is 11.4 Å². The summed E-state index contributed by atoms with van der Waals surface area (Å²) < 4.78 is 1.23. The summed E-state index contributed by atoms with van der Waals surface area (Å²) in [5.41, 5.74) is -0.120. The van der Waals surface area contributed by atoms with Crippen LogP contribution >= 0.6 is 0 Å². The zero-order valence-electron chi connectivity index (χ0n) is 9.84. The van der Waals surface area contributed by atoms with E-state index in [0.717, 1.165) is 0 Å². The van der Waals surface area contributed by atoms with Gasteiger partial charge >= 0.3 is 5.69 Å². The number of fused-ring (bicyclic) bond motifs is 1. The normalized spacial score (nSPS) is 11.0. The third kappa shape index (κ3) is 1.69. The smallest absolute Gasteiger partial charge is 0.329 e. The molecule has 0 atom stereocenters. The Kier molecular flexibility index (Phi) is 2.24. The summed E-state index contributed by atoms with van der Waals surface area (Å²) in [5, 5.41) is 9.38. The first-order valence-corrected chi connectivity index (χ1v) is 5.39. The van der Waals surface area contributed by atoms with Crippen LogP contribution in [0.5, 0.6) is 5.75 Å². The molecule has 96 valence electrons. The molecule has 3 N–H and O–H groups in total. The van der Waals surface area contributed by atoms with Crippen LogP contribution in [0.2, 0.25) is 0 Å². The van der Waals surface area contributed by atoms with Crippen molar-refractivity contribution in [3.05, 3.63) is 39.3 Å². The molecule has 3 heterocycles. The molecule has 0 saturated carbocycles. The number of nitrogens with one attached hydrogen (secondary N) is 2. The van der Waals surface area contributed by atoms with Crippen molar-refractivity contribution >= 4 is 11.2 Å². The summed E-state index contributed by atoms with van der Waals surface area (Å²) in [4.78, 5) is 36.1. The molecule has 0 aliphatic heterocycles. The second-order valence-corrected chi connectivity index (χ2v) is 4.03. The Labute approximate surface area is 105 Å². The second kappa shape index (κ2) is 3.80. The zero-order chi connectivity index (χ0) is 13.6. The molecule has 0 spiro atoms. The Morgan fingerprint density at radius 3 is 2.79 bits per heavy atom. The van der Waals surface area contributed by atoms with Crippen molar-refractivity contribution in [1.29, 1.82) is 0 Å². The maximum Gasteiger partial charge on any atom is 0.329 e. The van der Waals surface area contributed by atoms with Crippen LogP contribution in [0.1, 0.15) is 0 Å². The Hall–Kier alpha value is -2.90. The van der Waals surface area contributed by atoms with Gasteiger partial charge in [0.15, 0.2) is 5.65 Å². The van der Waals surface area contributed by atoms with Gasteiger partial charge in [-0.3, -0.25) is 19.3 Å². The van der Waals surface area contributed by atoms with Crippen LogP contribution in [0.15, 0.2) is 28.0 Å². The van der Waals surface area contributed by atoms with Crippen LogP contribution in [0.3, 0.4) is 0 Å². The summed E-state index contributed by atoms with van der Waals surface area (Å²) in [6, 6.07) is 1.46. The fourth-order valence-corrected chi connectivity index (χ4v) is 1.80. The van der Waals surface area contributed by atoms with Gasteiger partial charge in [-0.2, -0.15) is 0 Å². The summed E-state index contributed by atoms with van der Waals surface area (Å²) in [6.07, 6.45) is 2.78. The van der Waals surface area contributed by atoms with Gasteiger partial charge in [-0.25, -0.2) is 9.78 Å². The van der Waals surface area contributed by atoms with Gasteiger partial charge in [-0.05, 0) is 6.07 Å². The first-order valence-electron chi connectivity index (χ1n) is 5.39. The van der Waals surface area contributed by atoms with Crippen molar-refractivity contribution in [2.45, 2.75) is 0 Å². The van der Waals surface area contributed by atoms with Crippen LogP contribution in [-0.4, -0.2) is 29.6 Å².